The van der Waals surface area contributed by atoms with Gasteiger partial charge in [-0.3, -0.25) is 4.79 Å². The molecule has 0 unspecified atom stereocenters. The fraction of sp³-hybridized carbons (Fsp3) is 0.280. The smallest absolute Gasteiger partial charge is 0.236 e. The van der Waals surface area contributed by atoms with Gasteiger partial charge < -0.3 is 24.8 Å². The minimum Gasteiger partial charge on any atom is -0.511 e. The molecule has 2 N–H and O–H groups in total. The van der Waals surface area contributed by atoms with Crippen LogP contribution in [0.4, 0.5) is 9.52 Å². The number of carbonyl (C=O) groups is 1. The number of carbonyl (C=O) groups excluding carboxylic acids is 1. The number of nitrogens with zero attached hydrogens (tertiary/aromatic N) is 2. The minimum atomic E-state index is -0.615. The molecule has 1 aromatic heterocycles. The molecule has 3 heterocycles. The van der Waals surface area contributed by atoms with Gasteiger partial charge in [-0.2, -0.15) is 0 Å². The maximum Gasteiger partial charge on any atom is 0.236 e. The Labute approximate surface area is 209 Å². The predicted molar refractivity (Wildman–Crippen MR) is 130 cm³/mol. The Kier molecular flexibility index (Phi) is 5.34. The number of amides is 1. The number of hydrogen-bond acceptors (Lipinski definition) is 7. The number of nitrogens with one attached hydrogen (secondary N) is 1. The molecule has 6 rings (SSSR count). The molecular weight excluding hydrogens is 493 g/mol. The molecule has 0 radical (unpaired) electrons. The topological polar surface area (TPSA) is 83.9 Å². The first-order chi connectivity index (χ1) is 16.9. The van der Waals surface area contributed by atoms with Crippen LogP contribution in [0.3, 0.4) is 0 Å². The average molecular weight is 514 g/mol. The Morgan fingerprint density at radius 2 is 2.06 bits per heavy atom. The van der Waals surface area contributed by atoms with E-state index in [9.17, 15) is 14.3 Å². The van der Waals surface area contributed by atoms with Gasteiger partial charge in [-0.25, -0.2) is 9.37 Å². The zero-order valence-electron chi connectivity index (χ0n) is 18.5. The molecular formula is C25H21ClFN3O4S. The summed E-state index contributed by atoms with van der Waals surface area (Å²) < 4.78 is 24.6. The van der Waals surface area contributed by atoms with Gasteiger partial charge in [0.2, 0.25) is 12.7 Å². The standard InChI is InChI=1S/C25H21ClFN3O4S/c26-18-10-15(27)2-3-17(18)22(30-8-5-16(31)12-30)21-11-28-24(35-21)29-23(32)25(6-7-25)14-1-4-19-20(9-14)34-13-33-19/h1-4,9-12,22,31H,5-8,13H2,(H,28,29,32)/t22-/m0/s1. The summed E-state index contributed by atoms with van der Waals surface area (Å²) in [5, 5.41) is 13.7. The van der Waals surface area contributed by atoms with E-state index in [-0.39, 0.29) is 29.5 Å². The van der Waals surface area contributed by atoms with Crippen LogP contribution < -0.4 is 14.8 Å². The van der Waals surface area contributed by atoms with Gasteiger partial charge in [-0.1, -0.05) is 35.1 Å². The van der Waals surface area contributed by atoms with E-state index in [0.717, 1.165) is 23.3 Å². The molecule has 1 fully saturated rings. The first kappa shape index (κ1) is 22.2. The number of thiazole rings is 1. The van der Waals surface area contributed by atoms with Crippen molar-refractivity contribution >= 4 is 34.0 Å². The van der Waals surface area contributed by atoms with Crippen LogP contribution in [0, 0.1) is 5.82 Å². The second kappa shape index (κ2) is 8.42. The van der Waals surface area contributed by atoms with Crippen molar-refractivity contribution in [3.05, 3.63) is 81.4 Å². The van der Waals surface area contributed by atoms with Crippen LogP contribution in [0.5, 0.6) is 11.5 Å². The third kappa shape index (κ3) is 3.98. The summed E-state index contributed by atoms with van der Waals surface area (Å²) in [5.41, 5.74) is 0.972. The van der Waals surface area contributed by atoms with Crippen molar-refractivity contribution < 1.29 is 23.8 Å². The van der Waals surface area contributed by atoms with E-state index in [0.29, 0.717) is 35.2 Å². The highest BCUT2D eigenvalue weighted by atomic mass is 35.5. The van der Waals surface area contributed by atoms with Crippen molar-refractivity contribution in [2.45, 2.75) is 30.7 Å². The summed E-state index contributed by atoms with van der Waals surface area (Å²) in [5.74, 6) is 1.06. The lowest BCUT2D eigenvalue weighted by molar-refractivity contribution is -0.118. The third-order valence-electron chi connectivity index (χ3n) is 6.65. The summed E-state index contributed by atoms with van der Waals surface area (Å²) in [7, 11) is 0. The number of benzene rings is 2. The Morgan fingerprint density at radius 1 is 1.23 bits per heavy atom. The number of ether oxygens (including phenoxy) is 2. The summed E-state index contributed by atoms with van der Waals surface area (Å²) in [4.78, 5) is 20.5. The van der Waals surface area contributed by atoms with E-state index in [1.54, 1.807) is 18.5 Å². The van der Waals surface area contributed by atoms with E-state index >= 15 is 0 Å². The number of rotatable bonds is 6. The first-order valence-electron chi connectivity index (χ1n) is 11.2. The van der Waals surface area contributed by atoms with Crippen molar-refractivity contribution in [1.82, 2.24) is 9.88 Å². The average Bonchev–Trinajstić information content (AvgIpc) is 3.12. The van der Waals surface area contributed by atoms with Gasteiger partial charge in [-0.05, 0) is 48.2 Å². The first-order valence-corrected chi connectivity index (χ1v) is 12.4. The number of hydrogen-bond donors (Lipinski definition) is 2. The van der Waals surface area contributed by atoms with Crippen LogP contribution >= 0.6 is 22.9 Å². The highest BCUT2D eigenvalue weighted by molar-refractivity contribution is 7.15. The monoisotopic (exact) mass is 513 g/mol. The van der Waals surface area contributed by atoms with Crippen molar-refractivity contribution in [1.29, 1.82) is 0 Å². The predicted octanol–water partition coefficient (Wildman–Crippen LogP) is 5.53. The molecule has 2 aliphatic heterocycles. The van der Waals surface area contributed by atoms with Gasteiger partial charge >= 0.3 is 0 Å². The van der Waals surface area contributed by atoms with Crippen molar-refractivity contribution in [2.75, 3.05) is 18.7 Å². The van der Waals surface area contributed by atoms with Gasteiger partial charge in [0.05, 0.1) is 16.3 Å². The van der Waals surface area contributed by atoms with Crippen LogP contribution in [0.2, 0.25) is 5.02 Å². The van der Waals surface area contributed by atoms with E-state index in [1.165, 1.54) is 23.5 Å². The van der Waals surface area contributed by atoms with E-state index in [4.69, 9.17) is 21.1 Å². The number of aliphatic hydroxyl groups is 1. The summed E-state index contributed by atoms with van der Waals surface area (Å²) in [6.45, 7) is 0.764. The van der Waals surface area contributed by atoms with Gasteiger partial charge in [0.25, 0.3) is 0 Å². The minimum absolute atomic E-state index is 0.118. The molecule has 0 saturated heterocycles. The van der Waals surface area contributed by atoms with Gasteiger partial charge in [-0.15, -0.1) is 0 Å². The fourth-order valence-electron chi connectivity index (χ4n) is 4.64. The molecule has 1 saturated carbocycles. The molecule has 0 bridgehead atoms. The molecule has 180 valence electrons. The second-order valence-corrected chi connectivity index (χ2v) is 10.3. The fourth-order valence-corrected chi connectivity index (χ4v) is 5.86. The Balaban J connectivity index is 1.26. The lowest BCUT2D eigenvalue weighted by atomic mass is 9.94. The Bertz CT molecular complexity index is 1360. The highest BCUT2D eigenvalue weighted by Crippen LogP contribution is 2.51. The molecule has 10 heteroatoms. The molecule has 7 nitrogen and oxygen atoms in total. The summed E-state index contributed by atoms with van der Waals surface area (Å²) >= 11 is 7.73. The van der Waals surface area contributed by atoms with Crippen LogP contribution in [0.15, 0.2) is 54.6 Å². The van der Waals surface area contributed by atoms with Crippen molar-refractivity contribution in [3.8, 4) is 11.5 Å². The molecule has 1 amide bonds. The zero-order valence-corrected chi connectivity index (χ0v) is 20.0. The van der Waals surface area contributed by atoms with E-state index in [1.807, 2.05) is 23.1 Å². The number of aromatic nitrogens is 1. The Morgan fingerprint density at radius 3 is 2.80 bits per heavy atom. The number of halogens is 2. The largest absolute Gasteiger partial charge is 0.511 e. The van der Waals surface area contributed by atoms with E-state index < -0.39 is 11.2 Å². The quantitative estimate of drug-likeness (QED) is 0.451. The normalized spacial score (nSPS) is 18.3. The number of fused-ring (bicyclic) bond motifs is 1. The van der Waals surface area contributed by atoms with Gasteiger partial charge in [0.15, 0.2) is 16.6 Å². The molecule has 1 atom stereocenters. The number of anilines is 1. The molecule has 2 aromatic carbocycles. The van der Waals surface area contributed by atoms with Crippen LogP contribution in [-0.2, 0) is 10.2 Å². The van der Waals surface area contributed by atoms with Gasteiger partial charge in [0, 0.05) is 30.4 Å². The maximum atomic E-state index is 13.7. The van der Waals surface area contributed by atoms with Crippen molar-refractivity contribution in [3.63, 3.8) is 0 Å². The molecule has 3 aromatic rings. The second-order valence-electron chi connectivity index (χ2n) is 8.85. The molecule has 35 heavy (non-hydrogen) atoms. The molecule has 3 aliphatic rings. The SMILES string of the molecule is O=C(Nc1ncc([C@H](c2ccc(F)cc2Cl)N2C=C(O)CC2)s1)C1(c2ccc3c(c2)OCO3)CC1. The van der Waals surface area contributed by atoms with Crippen LogP contribution in [-0.4, -0.2) is 34.2 Å². The summed E-state index contributed by atoms with van der Waals surface area (Å²) in [6, 6.07) is 9.52. The highest BCUT2D eigenvalue weighted by Gasteiger charge is 2.52. The van der Waals surface area contributed by atoms with E-state index in [2.05, 4.69) is 10.3 Å². The van der Waals surface area contributed by atoms with Crippen molar-refractivity contribution in [2.24, 2.45) is 0 Å². The maximum absolute atomic E-state index is 13.7. The third-order valence-corrected chi connectivity index (χ3v) is 7.95. The zero-order chi connectivity index (χ0) is 24.2. The number of aliphatic hydroxyl groups excluding tert-OH is 1. The van der Waals surface area contributed by atoms with Crippen LogP contribution in [0.1, 0.15) is 41.3 Å². The lowest BCUT2D eigenvalue weighted by Gasteiger charge is -2.27. The van der Waals surface area contributed by atoms with Crippen LogP contribution in [0.25, 0.3) is 0 Å². The summed E-state index contributed by atoms with van der Waals surface area (Å²) in [6.07, 6.45) is 5.34. The Hall–Kier alpha value is -3.30. The lowest BCUT2D eigenvalue weighted by Crippen LogP contribution is -2.27. The molecule has 0 spiro atoms. The van der Waals surface area contributed by atoms with Gasteiger partial charge in [0.1, 0.15) is 11.6 Å². The molecule has 1 aliphatic carbocycles.